The zero-order valence-corrected chi connectivity index (χ0v) is 18.2. The monoisotopic (exact) mass is 393 g/mol. The molecule has 0 aliphatic heterocycles. The number of aliphatic hydroxyl groups is 2. The minimum absolute atomic E-state index is 0.233. The smallest absolute Gasteiger partial charge is 0.115 e. The molecule has 2 atom stereocenters. The normalized spacial score (nSPS) is 13.4. The Hall–Kier alpha value is -1.26. The summed E-state index contributed by atoms with van der Waals surface area (Å²) in [6, 6.07) is 7.04. The molecule has 2 unspecified atom stereocenters. The van der Waals surface area contributed by atoms with Crippen LogP contribution in [0.5, 0.6) is 5.75 Å². The zero-order chi connectivity index (χ0) is 20.6. The van der Waals surface area contributed by atoms with Crippen molar-refractivity contribution in [2.24, 2.45) is 0 Å². The van der Waals surface area contributed by atoms with E-state index in [9.17, 15) is 15.3 Å². The van der Waals surface area contributed by atoms with E-state index < -0.39 is 12.2 Å². The van der Waals surface area contributed by atoms with Crippen molar-refractivity contribution < 1.29 is 15.3 Å². The molecule has 0 amide bonds. The molecule has 0 aliphatic rings. The molecule has 0 saturated heterocycles. The predicted octanol–water partition coefficient (Wildman–Crippen LogP) is 5.64. The van der Waals surface area contributed by atoms with Gasteiger partial charge in [-0.1, -0.05) is 78.1 Å². The number of rotatable bonds is 17. The summed E-state index contributed by atoms with van der Waals surface area (Å²) in [4.78, 5) is 2.06. The molecule has 0 aliphatic carbocycles. The third-order valence-electron chi connectivity index (χ3n) is 5.36. The van der Waals surface area contributed by atoms with Gasteiger partial charge in [-0.15, -0.1) is 0 Å². The van der Waals surface area contributed by atoms with Gasteiger partial charge in [0.1, 0.15) is 5.75 Å². The minimum atomic E-state index is -0.396. The second kappa shape index (κ2) is 15.6. The maximum atomic E-state index is 10.5. The second-order valence-corrected chi connectivity index (χ2v) is 8.13. The number of phenols is 1. The lowest BCUT2D eigenvalue weighted by Crippen LogP contribution is -2.38. The van der Waals surface area contributed by atoms with Gasteiger partial charge >= 0.3 is 0 Å². The van der Waals surface area contributed by atoms with Crippen LogP contribution in [0, 0.1) is 0 Å². The van der Waals surface area contributed by atoms with Crippen molar-refractivity contribution in [1.82, 2.24) is 0 Å². The van der Waals surface area contributed by atoms with E-state index in [2.05, 4.69) is 18.7 Å². The van der Waals surface area contributed by atoms with Gasteiger partial charge in [0.15, 0.2) is 0 Å². The summed E-state index contributed by atoms with van der Waals surface area (Å²) in [7, 11) is 0. The molecule has 0 heterocycles. The Balaban J connectivity index is 2.51. The summed E-state index contributed by atoms with van der Waals surface area (Å²) < 4.78 is 0. The van der Waals surface area contributed by atoms with Gasteiger partial charge in [-0.05, 0) is 37.1 Å². The molecule has 0 saturated carbocycles. The number of phenolic OH excluding ortho intramolecular Hbond substituents is 1. The van der Waals surface area contributed by atoms with Crippen molar-refractivity contribution in [2.75, 3.05) is 18.0 Å². The SMILES string of the molecule is CCCCCCCC(O)CN(CC(O)CCCCCCC)c1ccc(O)cc1. The van der Waals surface area contributed by atoms with Crippen LogP contribution in [0.15, 0.2) is 24.3 Å². The molecule has 1 aromatic rings. The lowest BCUT2D eigenvalue weighted by molar-refractivity contribution is 0.145. The predicted molar refractivity (Wildman–Crippen MR) is 119 cm³/mol. The highest BCUT2D eigenvalue weighted by molar-refractivity contribution is 5.49. The van der Waals surface area contributed by atoms with Crippen LogP contribution >= 0.6 is 0 Å². The Kier molecular flexibility index (Phi) is 13.8. The third kappa shape index (κ3) is 11.6. The molecule has 0 spiro atoms. The van der Waals surface area contributed by atoms with Gasteiger partial charge in [0.05, 0.1) is 12.2 Å². The van der Waals surface area contributed by atoms with Crippen LogP contribution in [-0.4, -0.2) is 40.6 Å². The first-order chi connectivity index (χ1) is 13.6. The van der Waals surface area contributed by atoms with Crippen molar-refractivity contribution in [3.05, 3.63) is 24.3 Å². The van der Waals surface area contributed by atoms with Crippen LogP contribution in [0.3, 0.4) is 0 Å². The maximum Gasteiger partial charge on any atom is 0.115 e. The molecule has 1 rings (SSSR count). The number of benzene rings is 1. The van der Waals surface area contributed by atoms with E-state index in [1.54, 1.807) is 12.1 Å². The van der Waals surface area contributed by atoms with Crippen LogP contribution in [0.1, 0.15) is 90.9 Å². The van der Waals surface area contributed by atoms with Gasteiger partial charge in [-0.2, -0.15) is 0 Å². The van der Waals surface area contributed by atoms with Gasteiger partial charge in [0, 0.05) is 18.8 Å². The zero-order valence-electron chi connectivity index (χ0n) is 18.2. The molecule has 0 aromatic heterocycles. The van der Waals surface area contributed by atoms with Gasteiger partial charge in [0.2, 0.25) is 0 Å². The quantitative estimate of drug-likeness (QED) is 0.300. The fourth-order valence-electron chi connectivity index (χ4n) is 3.61. The Bertz CT molecular complexity index is 455. The van der Waals surface area contributed by atoms with E-state index in [1.807, 2.05) is 12.1 Å². The number of hydrogen-bond donors (Lipinski definition) is 3. The lowest BCUT2D eigenvalue weighted by Gasteiger charge is -2.29. The highest BCUT2D eigenvalue weighted by atomic mass is 16.3. The average Bonchev–Trinajstić information content (AvgIpc) is 2.68. The molecule has 0 bridgehead atoms. The Labute approximate surface area is 172 Å². The van der Waals surface area contributed by atoms with E-state index in [-0.39, 0.29) is 5.75 Å². The van der Waals surface area contributed by atoms with Gasteiger partial charge < -0.3 is 20.2 Å². The molecule has 162 valence electrons. The Morgan fingerprint density at radius 1 is 0.679 bits per heavy atom. The summed E-state index contributed by atoms with van der Waals surface area (Å²) in [6.07, 6.45) is 12.7. The minimum Gasteiger partial charge on any atom is -0.508 e. The van der Waals surface area contributed by atoms with Gasteiger partial charge in [-0.3, -0.25) is 0 Å². The highest BCUT2D eigenvalue weighted by Crippen LogP contribution is 2.21. The van der Waals surface area contributed by atoms with Crippen molar-refractivity contribution in [3.63, 3.8) is 0 Å². The van der Waals surface area contributed by atoms with Crippen molar-refractivity contribution in [3.8, 4) is 5.75 Å². The van der Waals surface area contributed by atoms with Crippen molar-refractivity contribution in [1.29, 1.82) is 0 Å². The number of aromatic hydroxyl groups is 1. The topological polar surface area (TPSA) is 63.9 Å². The number of anilines is 1. The maximum absolute atomic E-state index is 10.5. The molecule has 0 fully saturated rings. The fraction of sp³-hybridized carbons (Fsp3) is 0.750. The largest absolute Gasteiger partial charge is 0.508 e. The van der Waals surface area contributed by atoms with E-state index in [0.717, 1.165) is 31.4 Å². The van der Waals surface area contributed by atoms with Crippen molar-refractivity contribution in [2.45, 2.75) is 103 Å². The molecule has 4 heteroatoms. The van der Waals surface area contributed by atoms with Gasteiger partial charge in [-0.25, -0.2) is 0 Å². The van der Waals surface area contributed by atoms with E-state index in [1.165, 1.54) is 51.4 Å². The van der Waals surface area contributed by atoms with Crippen LogP contribution < -0.4 is 4.90 Å². The molecule has 3 N–H and O–H groups in total. The molecular weight excluding hydrogens is 350 g/mol. The van der Waals surface area contributed by atoms with E-state index in [0.29, 0.717) is 13.1 Å². The Morgan fingerprint density at radius 2 is 1.11 bits per heavy atom. The summed E-state index contributed by atoms with van der Waals surface area (Å²) in [5.41, 5.74) is 0.938. The molecule has 4 nitrogen and oxygen atoms in total. The summed E-state index contributed by atoms with van der Waals surface area (Å²) in [5.74, 6) is 0.233. The third-order valence-corrected chi connectivity index (χ3v) is 5.36. The summed E-state index contributed by atoms with van der Waals surface area (Å²) >= 11 is 0. The first kappa shape index (κ1) is 24.8. The first-order valence-corrected chi connectivity index (χ1v) is 11.5. The summed E-state index contributed by atoms with van der Waals surface area (Å²) in [6.45, 7) is 5.45. The Morgan fingerprint density at radius 3 is 1.54 bits per heavy atom. The first-order valence-electron chi connectivity index (χ1n) is 11.5. The average molecular weight is 394 g/mol. The summed E-state index contributed by atoms with van der Waals surface area (Å²) in [5, 5.41) is 30.6. The fourth-order valence-corrected chi connectivity index (χ4v) is 3.61. The number of aliphatic hydroxyl groups excluding tert-OH is 2. The number of hydrogen-bond acceptors (Lipinski definition) is 4. The second-order valence-electron chi connectivity index (χ2n) is 8.13. The molecule has 28 heavy (non-hydrogen) atoms. The van der Waals surface area contributed by atoms with Crippen LogP contribution in [0.2, 0.25) is 0 Å². The van der Waals surface area contributed by atoms with Gasteiger partial charge in [0.25, 0.3) is 0 Å². The van der Waals surface area contributed by atoms with Crippen molar-refractivity contribution >= 4 is 5.69 Å². The van der Waals surface area contributed by atoms with E-state index in [4.69, 9.17) is 0 Å². The number of nitrogens with zero attached hydrogens (tertiary/aromatic N) is 1. The van der Waals surface area contributed by atoms with E-state index >= 15 is 0 Å². The lowest BCUT2D eigenvalue weighted by atomic mass is 10.1. The van der Waals surface area contributed by atoms with Crippen LogP contribution in [-0.2, 0) is 0 Å². The molecular formula is C24H43NO3. The molecule has 0 radical (unpaired) electrons. The highest BCUT2D eigenvalue weighted by Gasteiger charge is 2.16. The van der Waals surface area contributed by atoms with Crippen LogP contribution in [0.4, 0.5) is 5.69 Å². The number of unbranched alkanes of at least 4 members (excludes halogenated alkanes) is 8. The molecule has 1 aromatic carbocycles. The standard InChI is InChI=1S/C24H43NO3/c1-3-5-7-9-11-13-23(27)19-25(21-15-17-22(26)18-16-21)20-24(28)14-12-10-8-6-4-2/h15-18,23-24,26-28H,3-14,19-20H2,1-2H3. The van der Waals surface area contributed by atoms with Crippen LogP contribution in [0.25, 0.3) is 0 Å².